The third-order valence-electron chi connectivity index (χ3n) is 5.64. The summed E-state index contributed by atoms with van der Waals surface area (Å²) in [5.41, 5.74) is 1.34. The summed E-state index contributed by atoms with van der Waals surface area (Å²) < 4.78 is 2.84. The maximum atomic E-state index is 13.2. The van der Waals surface area contributed by atoms with Crippen molar-refractivity contribution in [3.63, 3.8) is 0 Å². The zero-order chi connectivity index (χ0) is 24.4. The van der Waals surface area contributed by atoms with E-state index in [1.54, 1.807) is 29.9 Å². The summed E-state index contributed by atoms with van der Waals surface area (Å²) in [6.07, 6.45) is 4.95. The van der Waals surface area contributed by atoms with Crippen molar-refractivity contribution in [2.75, 3.05) is 0 Å². The molecule has 3 heterocycles. The Morgan fingerprint density at radius 1 is 1.18 bits per heavy atom. The number of ketones is 1. The van der Waals surface area contributed by atoms with E-state index in [0.29, 0.717) is 11.4 Å². The van der Waals surface area contributed by atoms with Gasteiger partial charge in [-0.2, -0.15) is 10.4 Å². The zero-order valence-electron chi connectivity index (χ0n) is 18.1. The van der Waals surface area contributed by atoms with Gasteiger partial charge in [-0.05, 0) is 48.4 Å². The molecule has 4 rings (SSSR count). The molecule has 0 radical (unpaired) electrons. The molecule has 0 saturated carbocycles. The first kappa shape index (κ1) is 23.0. The van der Waals surface area contributed by atoms with Gasteiger partial charge in [0.2, 0.25) is 0 Å². The molecule has 0 spiro atoms. The van der Waals surface area contributed by atoms with Crippen LogP contribution >= 0.6 is 11.6 Å². The van der Waals surface area contributed by atoms with Gasteiger partial charge in [-0.3, -0.25) is 9.59 Å². The Kier molecular flexibility index (Phi) is 6.30. The number of aromatic carboxylic acids is 1. The van der Waals surface area contributed by atoms with Crippen LogP contribution in [0.2, 0.25) is 5.02 Å². The number of nitriles is 1. The van der Waals surface area contributed by atoms with Gasteiger partial charge in [-0.1, -0.05) is 18.5 Å². The average Bonchev–Trinajstić information content (AvgIpc) is 3.28. The Hall–Kier alpha value is -4.22. The molecule has 34 heavy (non-hydrogen) atoms. The molecule has 4 aromatic rings. The van der Waals surface area contributed by atoms with Crippen LogP contribution in [0, 0.1) is 11.3 Å². The van der Waals surface area contributed by atoms with Crippen molar-refractivity contribution in [3.8, 4) is 17.2 Å². The standard InChI is InChI=1S/C25H19ClN4O4/c1-2-22(23(31)10-15-6-8-30-18(9-15)5-7-28-30)29-14-21(25(33)34)20(12-24(29)32)19-11-17(26)4-3-16(19)13-27/h3-9,11-12,14,22H,2,10H2,1H3,(H,33,34). The molecule has 0 saturated heterocycles. The Bertz CT molecular complexity index is 1530. The summed E-state index contributed by atoms with van der Waals surface area (Å²) in [5.74, 6) is -1.51. The van der Waals surface area contributed by atoms with Crippen LogP contribution in [-0.2, 0) is 11.2 Å². The van der Waals surface area contributed by atoms with Crippen LogP contribution in [0.4, 0.5) is 0 Å². The fourth-order valence-corrected chi connectivity index (χ4v) is 4.17. The quantitative estimate of drug-likeness (QED) is 0.430. The lowest BCUT2D eigenvalue weighted by molar-refractivity contribution is -0.121. The van der Waals surface area contributed by atoms with Crippen molar-refractivity contribution in [1.82, 2.24) is 14.2 Å². The second-order valence-corrected chi connectivity index (χ2v) is 8.19. The lowest BCUT2D eigenvalue weighted by Gasteiger charge is -2.19. The van der Waals surface area contributed by atoms with Gasteiger partial charge < -0.3 is 9.67 Å². The summed E-state index contributed by atoms with van der Waals surface area (Å²) in [7, 11) is 0. The minimum Gasteiger partial charge on any atom is -0.478 e. The van der Waals surface area contributed by atoms with E-state index in [0.717, 1.165) is 21.7 Å². The summed E-state index contributed by atoms with van der Waals surface area (Å²) >= 11 is 6.06. The van der Waals surface area contributed by atoms with Crippen LogP contribution in [0.25, 0.3) is 16.6 Å². The van der Waals surface area contributed by atoms with Crippen LogP contribution in [0.3, 0.4) is 0 Å². The first-order valence-electron chi connectivity index (χ1n) is 10.5. The first-order chi connectivity index (χ1) is 16.3. The Morgan fingerprint density at radius 2 is 1.97 bits per heavy atom. The molecule has 0 aliphatic rings. The molecule has 1 N–H and O–H groups in total. The van der Waals surface area contributed by atoms with Crippen LogP contribution in [0.1, 0.15) is 40.9 Å². The summed E-state index contributed by atoms with van der Waals surface area (Å²) in [5, 5.41) is 23.7. The lowest BCUT2D eigenvalue weighted by Crippen LogP contribution is -2.31. The van der Waals surface area contributed by atoms with Crippen molar-refractivity contribution in [3.05, 3.63) is 93.1 Å². The van der Waals surface area contributed by atoms with Gasteiger partial charge in [0, 0.05) is 47.2 Å². The second kappa shape index (κ2) is 9.33. The fraction of sp³-hybridized carbons (Fsp3) is 0.160. The molecule has 1 unspecified atom stereocenters. The van der Waals surface area contributed by atoms with Gasteiger partial charge in [0.1, 0.15) is 0 Å². The van der Waals surface area contributed by atoms with E-state index in [4.69, 9.17) is 11.6 Å². The number of carbonyl (C=O) groups is 2. The highest BCUT2D eigenvalue weighted by atomic mass is 35.5. The van der Waals surface area contributed by atoms with E-state index < -0.39 is 17.6 Å². The van der Waals surface area contributed by atoms with Crippen molar-refractivity contribution in [1.29, 1.82) is 5.26 Å². The maximum Gasteiger partial charge on any atom is 0.337 e. The van der Waals surface area contributed by atoms with Crippen molar-refractivity contribution in [2.45, 2.75) is 25.8 Å². The molecule has 1 atom stereocenters. The van der Waals surface area contributed by atoms with Gasteiger partial charge in [0.15, 0.2) is 5.78 Å². The highest BCUT2D eigenvalue weighted by Crippen LogP contribution is 2.29. The van der Waals surface area contributed by atoms with Gasteiger partial charge in [0.05, 0.1) is 28.8 Å². The Balaban J connectivity index is 1.75. The molecular formula is C25H19ClN4O4. The van der Waals surface area contributed by atoms with Crippen molar-refractivity contribution >= 4 is 28.9 Å². The predicted octanol–water partition coefficient (Wildman–Crippen LogP) is 4.15. The third-order valence-corrected chi connectivity index (χ3v) is 5.87. The highest BCUT2D eigenvalue weighted by molar-refractivity contribution is 6.31. The first-order valence-corrected chi connectivity index (χ1v) is 10.8. The van der Waals surface area contributed by atoms with E-state index in [-0.39, 0.29) is 34.5 Å². The lowest BCUT2D eigenvalue weighted by atomic mass is 9.96. The molecule has 8 nitrogen and oxygen atoms in total. The molecule has 0 aliphatic heterocycles. The number of rotatable bonds is 7. The van der Waals surface area contributed by atoms with Crippen LogP contribution in [0.5, 0.6) is 0 Å². The van der Waals surface area contributed by atoms with Crippen LogP contribution in [-0.4, -0.2) is 31.0 Å². The number of fused-ring (bicyclic) bond motifs is 1. The molecule has 1 aromatic carbocycles. The number of benzene rings is 1. The smallest absolute Gasteiger partial charge is 0.337 e. The third kappa shape index (κ3) is 4.34. The molecule has 0 aliphatic carbocycles. The molecule has 9 heteroatoms. The maximum absolute atomic E-state index is 13.2. The molecule has 170 valence electrons. The van der Waals surface area contributed by atoms with Gasteiger partial charge in [0.25, 0.3) is 5.56 Å². The topological polar surface area (TPSA) is 117 Å². The fourth-order valence-electron chi connectivity index (χ4n) is 4.00. The SMILES string of the molecule is CCC(C(=O)Cc1ccn2nccc2c1)n1cc(C(=O)O)c(-c2cc(Cl)ccc2C#N)cc1=O. The normalized spacial score (nSPS) is 11.8. The largest absolute Gasteiger partial charge is 0.478 e. The van der Waals surface area contributed by atoms with Gasteiger partial charge in [-0.15, -0.1) is 0 Å². The number of carboxylic acids is 1. The van der Waals surface area contributed by atoms with Gasteiger partial charge in [-0.25, -0.2) is 9.31 Å². The average molecular weight is 475 g/mol. The van der Waals surface area contributed by atoms with Crippen molar-refractivity contribution < 1.29 is 14.7 Å². The van der Waals surface area contributed by atoms with E-state index >= 15 is 0 Å². The van der Waals surface area contributed by atoms with Crippen LogP contribution in [0.15, 0.2) is 65.8 Å². The Labute approximate surface area is 199 Å². The monoisotopic (exact) mass is 474 g/mol. The van der Waals surface area contributed by atoms with Gasteiger partial charge >= 0.3 is 5.97 Å². The number of carboxylic acid groups (broad SMARTS) is 1. The summed E-state index contributed by atoms with van der Waals surface area (Å²) in [6, 6.07) is 12.1. The number of Topliss-reactive ketones (excluding diaryl/α,β-unsaturated/α-hetero) is 1. The molecule has 0 fully saturated rings. The Morgan fingerprint density at radius 3 is 2.68 bits per heavy atom. The van der Waals surface area contributed by atoms with E-state index in [1.165, 1.54) is 24.4 Å². The number of pyridine rings is 2. The minimum atomic E-state index is -1.29. The number of carbonyl (C=O) groups excluding carboxylic acids is 1. The highest BCUT2D eigenvalue weighted by Gasteiger charge is 2.24. The molecule has 0 amide bonds. The van der Waals surface area contributed by atoms with Crippen LogP contribution < -0.4 is 5.56 Å². The molecular weight excluding hydrogens is 456 g/mol. The molecule has 0 bridgehead atoms. The van der Waals surface area contributed by atoms with E-state index in [2.05, 4.69) is 5.10 Å². The van der Waals surface area contributed by atoms with E-state index in [9.17, 15) is 24.8 Å². The predicted molar refractivity (Wildman–Crippen MR) is 126 cm³/mol. The minimum absolute atomic E-state index is 0.0706. The molecule has 3 aromatic heterocycles. The zero-order valence-corrected chi connectivity index (χ0v) is 18.9. The number of nitrogens with zero attached hydrogens (tertiary/aromatic N) is 4. The number of hydrogen-bond acceptors (Lipinski definition) is 5. The van der Waals surface area contributed by atoms with E-state index in [1.807, 2.05) is 18.2 Å². The number of hydrogen-bond donors (Lipinski definition) is 1. The summed E-state index contributed by atoms with van der Waals surface area (Å²) in [4.78, 5) is 38.3. The number of aromatic nitrogens is 3. The summed E-state index contributed by atoms with van der Waals surface area (Å²) in [6.45, 7) is 1.76. The second-order valence-electron chi connectivity index (χ2n) is 7.76. The van der Waals surface area contributed by atoms with Crippen molar-refractivity contribution in [2.24, 2.45) is 0 Å². The number of halogens is 1.